The van der Waals surface area contributed by atoms with Crippen LogP contribution in [0, 0.1) is 0 Å². The number of aliphatic carboxylic acids is 1. The van der Waals surface area contributed by atoms with Gasteiger partial charge in [-0.1, -0.05) is 12.1 Å². The summed E-state index contributed by atoms with van der Waals surface area (Å²) in [5.41, 5.74) is 1.41. The number of methoxy groups -OCH3 is 1. The number of ether oxygens (including phenoxy) is 1. The number of benzene rings is 1. The Bertz CT molecular complexity index is 513. The molecular weight excluding hydrogens is 276 g/mol. The van der Waals surface area contributed by atoms with Gasteiger partial charge in [0.2, 0.25) is 11.8 Å². The Hall–Kier alpha value is -2.41. The molecule has 0 bridgehead atoms. The fourth-order valence-corrected chi connectivity index (χ4v) is 1.64. The maximum absolute atomic E-state index is 11.7. The van der Waals surface area contributed by atoms with Gasteiger partial charge in [-0.2, -0.15) is 0 Å². The Labute approximate surface area is 122 Å². The zero-order valence-corrected chi connectivity index (χ0v) is 11.9. The zero-order chi connectivity index (χ0) is 15.8. The minimum atomic E-state index is -1.13. The molecule has 114 valence electrons. The van der Waals surface area contributed by atoms with Crippen LogP contribution in [0.5, 0.6) is 0 Å². The van der Waals surface area contributed by atoms with Crippen LogP contribution in [0.15, 0.2) is 24.3 Å². The molecule has 1 unspecified atom stereocenters. The number of carbonyl (C=O) groups is 3. The lowest BCUT2D eigenvalue weighted by Gasteiger charge is -2.11. The van der Waals surface area contributed by atoms with Gasteiger partial charge in [0, 0.05) is 19.7 Å². The molecule has 0 spiro atoms. The summed E-state index contributed by atoms with van der Waals surface area (Å²) in [4.78, 5) is 33.3. The van der Waals surface area contributed by atoms with E-state index in [1.54, 1.807) is 24.3 Å². The average molecular weight is 294 g/mol. The number of carboxylic acids is 1. The molecule has 0 aliphatic heterocycles. The van der Waals surface area contributed by atoms with E-state index in [-0.39, 0.29) is 24.8 Å². The van der Waals surface area contributed by atoms with Crippen LogP contribution in [0.1, 0.15) is 12.5 Å². The molecule has 0 aromatic heterocycles. The van der Waals surface area contributed by atoms with Crippen LogP contribution in [0.2, 0.25) is 0 Å². The van der Waals surface area contributed by atoms with Gasteiger partial charge >= 0.3 is 5.97 Å². The van der Waals surface area contributed by atoms with E-state index in [2.05, 4.69) is 10.6 Å². The van der Waals surface area contributed by atoms with Crippen molar-refractivity contribution in [3.8, 4) is 0 Å². The highest BCUT2D eigenvalue weighted by atomic mass is 16.5. The molecule has 3 N–H and O–H groups in total. The van der Waals surface area contributed by atoms with E-state index in [9.17, 15) is 14.4 Å². The van der Waals surface area contributed by atoms with Gasteiger partial charge in [-0.05, 0) is 17.7 Å². The van der Waals surface area contributed by atoms with Crippen molar-refractivity contribution >= 4 is 23.5 Å². The SMILES string of the molecule is COC(CNC(=O)Cc1ccc(NC(C)=O)cc1)C(=O)O. The molecule has 21 heavy (non-hydrogen) atoms. The van der Waals surface area contributed by atoms with Crippen LogP contribution >= 0.6 is 0 Å². The van der Waals surface area contributed by atoms with Crippen LogP contribution in [-0.4, -0.2) is 42.6 Å². The summed E-state index contributed by atoms with van der Waals surface area (Å²) in [6.07, 6.45) is -0.938. The standard InChI is InChI=1S/C14H18N2O5/c1-9(17)16-11-5-3-10(4-6-11)7-13(18)15-8-12(21-2)14(19)20/h3-6,12H,7-8H2,1-2H3,(H,15,18)(H,16,17)(H,19,20). The van der Waals surface area contributed by atoms with Gasteiger partial charge in [-0.3, -0.25) is 9.59 Å². The number of rotatable bonds is 7. The minimum absolute atomic E-state index is 0.0886. The van der Waals surface area contributed by atoms with Gasteiger partial charge in [0.15, 0.2) is 6.10 Å². The van der Waals surface area contributed by atoms with Gasteiger partial charge < -0.3 is 20.5 Å². The number of hydrogen-bond donors (Lipinski definition) is 3. The van der Waals surface area contributed by atoms with E-state index in [0.717, 1.165) is 5.56 Å². The van der Waals surface area contributed by atoms with Crippen LogP contribution in [-0.2, 0) is 25.5 Å². The van der Waals surface area contributed by atoms with Crippen molar-refractivity contribution in [1.82, 2.24) is 5.32 Å². The number of hydrogen-bond acceptors (Lipinski definition) is 4. The topological polar surface area (TPSA) is 105 Å². The van der Waals surface area contributed by atoms with Gasteiger partial charge in [-0.25, -0.2) is 4.79 Å². The zero-order valence-electron chi connectivity index (χ0n) is 11.9. The highest BCUT2D eigenvalue weighted by molar-refractivity contribution is 5.88. The van der Waals surface area contributed by atoms with Crippen molar-refractivity contribution in [3.63, 3.8) is 0 Å². The molecule has 0 heterocycles. The summed E-state index contributed by atoms with van der Waals surface area (Å²) < 4.78 is 4.71. The van der Waals surface area contributed by atoms with Crippen molar-refractivity contribution in [2.75, 3.05) is 19.0 Å². The van der Waals surface area contributed by atoms with Gasteiger partial charge in [0.25, 0.3) is 0 Å². The molecule has 2 amide bonds. The normalized spacial score (nSPS) is 11.5. The predicted molar refractivity (Wildman–Crippen MR) is 75.9 cm³/mol. The Balaban J connectivity index is 2.47. The molecule has 0 fully saturated rings. The van der Waals surface area contributed by atoms with E-state index >= 15 is 0 Å². The molecule has 0 aliphatic rings. The van der Waals surface area contributed by atoms with Crippen molar-refractivity contribution in [1.29, 1.82) is 0 Å². The molecule has 1 aromatic rings. The highest BCUT2D eigenvalue weighted by Gasteiger charge is 2.17. The molecule has 0 saturated carbocycles. The second-order valence-electron chi connectivity index (χ2n) is 4.42. The third-order valence-corrected chi connectivity index (χ3v) is 2.68. The third kappa shape index (κ3) is 6.05. The van der Waals surface area contributed by atoms with E-state index in [0.29, 0.717) is 5.69 Å². The number of amides is 2. The van der Waals surface area contributed by atoms with Crippen LogP contribution in [0.25, 0.3) is 0 Å². The van der Waals surface area contributed by atoms with Crippen molar-refractivity contribution in [3.05, 3.63) is 29.8 Å². The first-order valence-electron chi connectivity index (χ1n) is 6.31. The lowest BCUT2D eigenvalue weighted by Crippen LogP contribution is -2.38. The summed E-state index contributed by atoms with van der Waals surface area (Å²) in [6.45, 7) is 1.32. The molecule has 0 saturated heterocycles. The number of anilines is 1. The smallest absolute Gasteiger partial charge is 0.334 e. The van der Waals surface area contributed by atoms with Gasteiger partial charge in [0.1, 0.15) is 0 Å². The second-order valence-corrected chi connectivity index (χ2v) is 4.42. The Morgan fingerprint density at radius 2 is 1.86 bits per heavy atom. The molecule has 0 radical (unpaired) electrons. The minimum Gasteiger partial charge on any atom is -0.479 e. The second kappa shape index (κ2) is 8.01. The maximum atomic E-state index is 11.7. The van der Waals surface area contributed by atoms with Gasteiger partial charge in [-0.15, -0.1) is 0 Å². The Morgan fingerprint density at radius 3 is 2.33 bits per heavy atom. The fraction of sp³-hybridized carbons (Fsp3) is 0.357. The van der Waals surface area contributed by atoms with E-state index in [1.165, 1.54) is 14.0 Å². The fourth-order valence-electron chi connectivity index (χ4n) is 1.64. The first-order valence-corrected chi connectivity index (χ1v) is 6.31. The summed E-state index contributed by atoms with van der Waals surface area (Å²) in [5, 5.41) is 13.9. The summed E-state index contributed by atoms with van der Waals surface area (Å²) >= 11 is 0. The summed E-state index contributed by atoms with van der Waals surface area (Å²) in [5.74, 6) is -1.59. The Morgan fingerprint density at radius 1 is 1.24 bits per heavy atom. The van der Waals surface area contributed by atoms with Crippen molar-refractivity contribution < 1.29 is 24.2 Å². The quantitative estimate of drug-likeness (QED) is 0.675. The maximum Gasteiger partial charge on any atom is 0.334 e. The largest absolute Gasteiger partial charge is 0.479 e. The van der Waals surface area contributed by atoms with Crippen molar-refractivity contribution in [2.45, 2.75) is 19.4 Å². The lowest BCUT2D eigenvalue weighted by atomic mass is 10.1. The summed E-state index contributed by atoms with van der Waals surface area (Å²) in [6, 6.07) is 6.82. The molecule has 7 nitrogen and oxygen atoms in total. The molecule has 1 rings (SSSR count). The lowest BCUT2D eigenvalue weighted by molar-refractivity contribution is -0.148. The molecule has 1 aromatic carbocycles. The monoisotopic (exact) mass is 294 g/mol. The van der Waals surface area contributed by atoms with Gasteiger partial charge in [0.05, 0.1) is 13.0 Å². The highest BCUT2D eigenvalue weighted by Crippen LogP contribution is 2.09. The molecule has 7 heteroatoms. The van der Waals surface area contributed by atoms with Crippen molar-refractivity contribution in [2.24, 2.45) is 0 Å². The van der Waals surface area contributed by atoms with E-state index in [4.69, 9.17) is 9.84 Å². The average Bonchev–Trinajstić information content (AvgIpc) is 2.40. The molecular formula is C14H18N2O5. The third-order valence-electron chi connectivity index (χ3n) is 2.68. The number of carboxylic acid groups (broad SMARTS) is 1. The first kappa shape index (κ1) is 16.6. The van der Waals surface area contributed by atoms with E-state index < -0.39 is 12.1 Å². The molecule has 0 aliphatic carbocycles. The first-order chi connectivity index (χ1) is 9.92. The summed E-state index contributed by atoms with van der Waals surface area (Å²) in [7, 11) is 1.27. The Kier molecular flexibility index (Phi) is 6.35. The predicted octanol–water partition coefficient (Wildman–Crippen LogP) is 0.403. The molecule has 1 atom stereocenters. The number of carbonyl (C=O) groups excluding carboxylic acids is 2. The van der Waals surface area contributed by atoms with Crippen LogP contribution in [0.3, 0.4) is 0 Å². The van der Waals surface area contributed by atoms with Crippen LogP contribution in [0.4, 0.5) is 5.69 Å². The van der Waals surface area contributed by atoms with E-state index in [1.807, 2.05) is 0 Å². The number of nitrogens with one attached hydrogen (secondary N) is 2. The van der Waals surface area contributed by atoms with Crippen LogP contribution < -0.4 is 10.6 Å².